The Labute approximate surface area is 133 Å². The molecule has 2 aromatic rings. The summed E-state index contributed by atoms with van der Waals surface area (Å²) in [6.45, 7) is 4.81. The Kier molecular flexibility index (Phi) is 4.81. The summed E-state index contributed by atoms with van der Waals surface area (Å²) in [6, 6.07) is 14.0. The maximum atomic E-state index is 12.4. The molecule has 104 valence electrons. The maximum absolute atomic E-state index is 12.4. The number of rotatable bonds is 3. The Bertz CT molecular complexity index is 637. The van der Waals surface area contributed by atoms with Gasteiger partial charge < -0.3 is 4.90 Å². The highest BCUT2D eigenvalue weighted by Gasteiger charge is 2.13. The number of hydrogen-bond acceptors (Lipinski definition) is 1. The smallest absolute Gasteiger partial charge is 0.253 e. The zero-order chi connectivity index (χ0) is 14.7. The van der Waals surface area contributed by atoms with Crippen LogP contribution in [0.4, 0.5) is 0 Å². The van der Waals surface area contributed by atoms with E-state index in [9.17, 15) is 4.79 Å². The molecule has 0 atom stereocenters. The molecule has 2 nitrogen and oxygen atoms in total. The first-order valence-electron chi connectivity index (χ1n) is 6.54. The molecule has 2 aromatic carbocycles. The molecule has 3 heteroatoms. The van der Waals surface area contributed by atoms with Crippen LogP contribution >= 0.6 is 22.6 Å². The molecule has 0 fully saturated rings. The lowest BCUT2D eigenvalue weighted by molar-refractivity contribution is 0.0785. The van der Waals surface area contributed by atoms with E-state index in [1.807, 2.05) is 31.3 Å². The van der Waals surface area contributed by atoms with Crippen LogP contribution < -0.4 is 0 Å². The molecule has 0 aliphatic carbocycles. The second kappa shape index (κ2) is 6.39. The van der Waals surface area contributed by atoms with Crippen LogP contribution in [-0.2, 0) is 6.54 Å². The topological polar surface area (TPSA) is 20.3 Å². The van der Waals surface area contributed by atoms with E-state index in [1.165, 1.54) is 16.7 Å². The molecule has 0 aromatic heterocycles. The van der Waals surface area contributed by atoms with E-state index in [-0.39, 0.29) is 5.91 Å². The van der Waals surface area contributed by atoms with E-state index in [1.54, 1.807) is 4.90 Å². The van der Waals surface area contributed by atoms with Gasteiger partial charge in [0.15, 0.2) is 0 Å². The summed E-state index contributed by atoms with van der Waals surface area (Å²) in [5, 5.41) is 0. The molecule has 0 aliphatic rings. The van der Waals surface area contributed by atoms with Crippen molar-refractivity contribution < 1.29 is 4.79 Å². The van der Waals surface area contributed by atoms with Crippen molar-refractivity contribution in [2.45, 2.75) is 20.4 Å². The Morgan fingerprint density at radius 3 is 2.55 bits per heavy atom. The molecule has 0 radical (unpaired) electrons. The summed E-state index contributed by atoms with van der Waals surface area (Å²) in [5.41, 5.74) is 4.41. The SMILES string of the molecule is Cc1ccc(CN(C)C(=O)c2cccc(I)c2)c(C)c1. The van der Waals surface area contributed by atoms with Crippen LogP contribution in [-0.4, -0.2) is 17.9 Å². The van der Waals surface area contributed by atoms with Crippen molar-refractivity contribution in [1.29, 1.82) is 0 Å². The summed E-state index contributed by atoms with van der Waals surface area (Å²) in [4.78, 5) is 14.2. The van der Waals surface area contributed by atoms with Gasteiger partial charge in [-0.3, -0.25) is 4.79 Å². The number of carbonyl (C=O) groups excluding carboxylic acids is 1. The van der Waals surface area contributed by atoms with Gasteiger partial charge in [-0.15, -0.1) is 0 Å². The summed E-state index contributed by atoms with van der Waals surface area (Å²) in [7, 11) is 1.85. The minimum Gasteiger partial charge on any atom is -0.337 e. The van der Waals surface area contributed by atoms with Crippen LogP contribution in [0.5, 0.6) is 0 Å². The van der Waals surface area contributed by atoms with Gasteiger partial charge in [0.25, 0.3) is 5.91 Å². The molecule has 1 amide bonds. The monoisotopic (exact) mass is 379 g/mol. The molecule has 0 spiro atoms. The van der Waals surface area contributed by atoms with Crippen molar-refractivity contribution in [2.75, 3.05) is 7.05 Å². The Morgan fingerprint density at radius 2 is 1.90 bits per heavy atom. The fourth-order valence-corrected chi connectivity index (χ4v) is 2.74. The fraction of sp³-hybridized carbons (Fsp3) is 0.235. The summed E-state index contributed by atoms with van der Waals surface area (Å²) < 4.78 is 1.08. The van der Waals surface area contributed by atoms with Gasteiger partial charge in [0.2, 0.25) is 0 Å². The van der Waals surface area contributed by atoms with Gasteiger partial charge in [0.05, 0.1) is 0 Å². The van der Waals surface area contributed by atoms with Gasteiger partial charge in [-0.05, 0) is 65.8 Å². The number of amides is 1. The quantitative estimate of drug-likeness (QED) is 0.733. The molecule has 0 unspecified atom stereocenters. The highest BCUT2D eigenvalue weighted by Crippen LogP contribution is 2.15. The van der Waals surface area contributed by atoms with Crippen molar-refractivity contribution in [3.8, 4) is 0 Å². The average Bonchev–Trinajstić information content (AvgIpc) is 2.41. The van der Waals surface area contributed by atoms with E-state index in [4.69, 9.17) is 0 Å². The van der Waals surface area contributed by atoms with E-state index in [0.29, 0.717) is 6.54 Å². The van der Waals surface area contributed by atoms with Gasteiger partial charge in [-0.1, -0.05) is 29.8 Å². The maximum Gasteiger partial charge on any atom is 0.253 e. The number of halogens is 1. The highest BCUT2D eigenvalue weighted by molar-refractivity contribution is 14.1. The molecular formula is C17H18INO. The predicted molar refractivity (Wildman–Crippen MR) is 90.9 cm³/mol. The summed E-state index contributed by atoms with van der Waals surface area (Å²) in [5.74, 6) is 0.0588. The Morgan fingerprint density at radius 1 is 1.15 bits per heavy atom. The number of carbonyl (C=O) groups is 1. The third-order valence-corrected chi connectivity index (χ3v) is 3.99. The summed E-state index contributed by atoms with van der Waals surface area (Å²) >= 11 is 2.22. The van der Waals surface area contributed by atoms with Crippen LogP contribution in [0.3, 0.4) is 0 Å². The average molecular weight is 379 g/mol. The number of aryl methyl sites for hydroxylation is 2. The van der Waals surface area contributed by atoms with Gasteiger partial charge in [0.1, 0.15) is 0 Å². The molecule has 2 rings (SSSR count). The van der Waals surface area contributed by atoms with E-state index >= 15 is 0 Å². The third-order valence-electron chi connectivity index (χ3n) is 3.32. The molecule has 20 heavy (non-hydrogen) atoms. The van der Waals surface area contributed by atoms with Gasteiger partial charge in [0, 0.05) is 22.7 Å². The van der Waals surface area contributed by atoms with E-state index < -0.39 is 0 Å². The van der Waals surface area contributed by atoms with Crippen LogP contribution in [0.25, 0.3) is 0 Å². The van der Waals surface area contributed by atoms with Gasteiger partial charge >= 0.3 is 0 Å². The minimum atomic E-state index is 0.0588. The van der Waals surface area contributed by atoms with Gasteiger partial charge in [-0.2, -0.15) is 0 Å². The second-order valence-corrected chi connectivity index (χ2v) is 6.35. The molecule has 0 aliphatic heterocycles. The molecule has 0 saturated carbocycles. The van der Waals surface area contributed by atoms with Crippen molar-refractivity contribution in [2.24, 2.45) is 0 Å². The van der Waals surface area contributed by atoms with Crippen molar-refractivity contribution in [1.82, 2.24) is 4.90 Å². The predicted octanol–water partition coefficient (Wildman–Crippen LogP) is 4.18. The van der Waals surface area contributed by atoms with E-state index in [2.05, 4.69) is 54.6 Å². The Hall–Kier alpha value is -1.36. The lowest BCUT2D eigenvalue weighted by Crippen LogP contribution is -2.26. The lowest BCUT2D eigenvalue weighted by Gasteiger charge is -2.19. The molecular weight excluding hydrogens is 361 g/mol. The van der Waals surface area contributed by atoms with Gasteiger partial charge in [-0.25, -0.2) is 0 Å². The zero-order valence-electron chi connectivity index (χ0n) is 12.0. The number of benzene rings is 2. The molecule has 0 N–H and O–H groups in total. The highest BCUT2D eigenvalue weighted by atomic mass is 127. The lowest BCUT2D eigenvalue weighted by atomic mass is 10.1. The number of hydrogen-bond donors (Lipinski definition) is 0. The first kappa shape index (κ1) is 15.0. The van der Waals surface area contributed by atoms with Crippen molar-refractivity contribution in [3.05, 3.63) is 68.3 Å². The molecule has 0 bridgehead atoms. The van der Waals surface area contributed by atoms with Crippen LogP contribution in [0.2, 0.25) is 0 Å². The normalized spacial score (nSPS) is 10.4. The van der Waals surface area contributed by atoms with Crippen LogP contribution in [0.15, 0.2) is 42.5 Å². The largest absolute Gasteiger partial charge is 0.337 e. The fourth-order valence-electron chi connectivity index (χ4n) is 2.19. The first-order valence-corrected chi connectivity index (χ1v) is 7.62. The van der Waals surface area contributed by atoms with Crippen molar-refractivity contribution >= 4 is 28.5 Å². The third kappa shape index (κ3) is 3.60. The van der Waals surface area contributed by atoms with Crippen molar-refractivity contribution in [3.63, 3.8) is 0 Å². The standard InChI is InChI=1S/C17H18INO/c1-12-7-8-15(13(2)9-12)11-19(3)17(20)14-5-4-6-16(18)10-14/h4-10H,11H2,1-3H3. The Balaban J connectivity index is 2.15. The zero-order valence-corrected chi connectivity index (χ0v) is 14.1. The van der Waals surface area contributed by atoms with Crippen LogP contribution in [0.1, 0.15) is 27.0 Å². The first-order chi connectivity index (χ1) is 9.47. The second-order valence-electron chi connectivity index (χ2n) is 5.10. The molecule has 0 heterocycles. The molecule has 0 saturated heterocycles. The van der Waals surface area contributed by atoms with E-state index in [0.717, 1.165) is 9.13 Å². The minimum absolute atomic E-state index is 0.0588. The van der Waals surface area contributed by atoms with Crippen LogP contribution in [0, 0.1) is 17.4 Å². The number of nitrogens with zero attached hydrogens (tertiary/aromatic N) is 1. The summed E-state index contributed by atoms with van der Waals surface area (Å²) in [6.07, 6.45) is 0.